The highest BCUT2D eigenvalue weighted by Crippen LogP contribution is 2.41. The maximum Gasteiger partial charge on any atom is 0.316 e. The minimum atomic E-state index is -0.557. The van der Waals surface area contributed by atoms with Gasteiger partial charge in [-0.15, -0.1) is 0 Å². The summed E-state index contributed by atoms with van der Waals surface area (Å²) in [6.45, 7) is 8.43. The summed E-state index contributed by atoms with van der Waals surface area (Å²) in [5.74, 6) is 0.837. The van der Waals surface area contributed by atoms with Crippen LogP contribution in [0.4, 0.5) is 0 Å². The fraction of sp³-hybridized carbons (Fsp3) is 0.588. The highest BCUT2D eigenvalue weighted by atomic mass is 16.5. The molecule has 1 saturated carbocycles. The summed E-state index contributed by atoms with van der Waals surface area (Å²) in [6, 6.07) is 8.55. The van der Waals surface area contributed by atoms with Crippen molar-refractivity contribution in [2.24, 2.45) is 5.92 Å². The lowest BCUT2D eigenvalue weighted by Gasteiger charge is -2.31. The van der Waals surface area contributed by atoms with Crippen molar-refractivity contribution < 1.29 is 9.53 Å². The van der Waals surface area contributed by atoms with Crippen molar-refractivity contribution in [3.63, 3.8) is 0 Å². The van der Waals surface area contributed by atoms with E-state index in [9.17, 15) is 4.79 Å². The molecule has 0 N–H and O–H groups in total. The van der Waals surface area contributed by atoms with E-state index in [4.69, 9.17) is 4.74 Å². The molecule has 1 aliphatic carbocycles. The first kappa shape index (κ1) is 14.1. The molecule has 1 aliphatic rings. The van der Waals surface area contributed by atoms with Crippen molar-refractivity contribution >= 4 is 5.97 Å². The summed E-state index contributed by atoms with van der Waals surface area (Å²) < 4.78 is 5.27. The SMILES string of the molecule is CCOC(=O)C(C)(c1ccc(C2CC2)cc1)C(C)C. The molecular formula is C17H24O2. The fourth-order valence-electron chi connectivity index (χ4n) is 2.49. The van der Waals surface area contributed by atoms with Crippen LogP contribution in [0.15, 0.2) is 24.3 Å². The van der Waals surface area contributed by atoms with E-state index in [1.165, 1.54) is 18.4 Å². The standard InChI is InChI=1S/C17H24O2/c1-5-19-16(18)17(4,12(2)3)15-10-8-14(9-11-15)13-6-7-13/h8-13H,5-7H2,1-4H3. The van der Waals surface area contributed by atoms with Crippen molar-refractivity contribution in [3.05, 3.63) is 35.4 Å². The molecule has 0 amide bonds. The fourth-order valence-corrected chi connectivity index (χ4v) is 2.49. The smallest absolute Gasteiger partial charge is 0.316 e. The summed E-state index contributed by atoms with van der Waals surface area (Å²) in [4.78, 5) is 12.3. The van der Waals surface area contributed by atoms with Crippen LogP contribution in [0.5, 0.6) is 0 Å². The molecule has 19 heavy (non-hydrogen) atoms. The van der Waals surface area contributed by atoms with Crippen LogP contribution in [0.25, 0.3) is 0 Å². The molecule has 0 spiro atoms. The second kappa shape index (κ2) is 5.36. The second-order valence-electron chi connectivity index (χ2n) is 5.97. The topological polar surface area (TPSA) is 26.3 Å². The summed E-state index contributed by atoms with van der Waals surface area (Å²) in [7, 11) is 0. The Bertz CT molecular complexity index is 443. The van der Waals surface area contributed by atoms with Gasteiger partial charge in [0.1, 0.15) is 0 Å². The van der Waals surface area contributed by atoms with Crippen LogP contribution in [-0.4, -0.2) is 12.6 Å². The molecule has 0 bridgehead atoms. The minimum absolute atomic E-state index is 0.121. The lowest BCUT2D eigenvalue weighted by molar-refractivity contribution is -0.151. The van der Waals surface area contributed by atoms with Crippen molar-refractivity contribution in [3.8, 4) is 0 Å². The summed E-state index contributed by atoms with van der Waals surface area (Å²) in [5.41, 5.74) is 1.90. The highest BCUT2D eigenvalue weighted by Gasteiger charge is 2.40. The Morgan fingerprint density at radius 3 is 2.32 bits per heavy atom. The van der Waals surface area contributed by atoms with Gasteiger partial charge in [0.05, 0.1) is 12.0 Å². The molecule has 1 aromatic carbocycles. The number of ether oxygens (including phenoxy) is 1. The van der Waals surface area contributed by atoms with Crippen molar-refractivity contribution in [2.75, 3.05) is 6.61 Å². The molecule has 1 unspecified atom stereocenters. The van der Waals surface area contributed by atoms with Gasteiger partial charge in [-0.3, -0.25) is 4.79 Å². The van der Waals surface area contributed by atoms with Crippen LogP contribution in [0.3, 0.4) is 0 Å². The van der Waals surface area contributed by atoms with Crippen LogP contribution in [-0.2, 0) is 14.9 Å². The maximum atomic E-state index is 12.3. The molecule has 2 heteroatoms. The number of hydrogen-bond acceptors (Lipinski definition) is 2. The van der Waals surface area contributed by atoms with Crippen LogP contribution < -0.4 is 0 Å². The van der Waals surface area contributed by atoms with E-state index in [2.05, 4.69) is 38.1 Å². The van der Waals surface area contributed by atoms with Gasteiger partial charge in [-0.25, -0.2) is 0 Å². The summed E-state index contributed by atoms with van der Waals surface area (Å²) in [5, 5.41) is 0. The zero-order valence-corrected chi connectivity index (χ0v) is 12.4. The normalized spacial score (nSPS) is 18.2. The van der Waals surface area contributed by atoms with Crippen LogP contribution >= 0.6 is 0 Å². The monoisotopic (exact) mass is 260 g/mol. The van der Waals surface area contributed by atoms with Gasteiger partial charge in [-0.1, -0.05) is 38.1 Å². The Kier molecular flexibility index (Phi) is 3.98. The molecule has 2 rings (SSSR count). The molecule has 0 saturated heterocycles. The van der Waals surface area contributed by atoms with E-state index >= 15 is 0 Å². The van der Waals surface area contributed by atoms with Crippen LogP contribution in [0, 0.1) is 5.92 Å². The summed E-state index contributed by atoms with van der Waals surface area (Å²) in [6.07, 6.45) is 2.61. The van der Waals surface area contributed by atoms with Crippen LogP contribution in [0.1, 0.15) is 57.6 Å². The molecular weight excluding hydrogens is 236 g/mol. The van der Waals surface area contributed by atoms with Gasteiger partial charge in [0.25, 0.3) is 0 Å². The van der Waals surface area contributed by atoms with Gasteiger partial charge in [0, 0.05) is 0 Å². The zero-order valence-electron chi connectivity index (χ0n) is 12.4. The molecule has 2 nitrogen and oxygen atoms in total. The zero-order chi connectivity index (χ0) is 14.0. The Morgan fingerprint density at radius 1 is 1.32 bits per heavy atom. The average Bonchev–Trinajstić information content (AvgIpc) is 3.22. The molecule has 0 radical (unpaired) electrons. The number of benzene rings is 1. The van der Waals surface area contributed by atoms with E-state index < -0.39 is 5.41 Å². The van der Waals surface area contributed by atoms with E-state index in [-0.39, 0.29) is 11.9 Å². The molecule has 1 atom stereocenters. The van der Waals surface area contributed by atoms with Gasteiger partial charge < -0.3 is 4.74 Å². The van der Waals surface area contributed by atoms with E-state index in [1.807, 2.05) is 13.8 Å². The number of rotatable bonds is 5. The highest BCUT2D eigenvalue weighted by molar-refractivity contribution is 5.83. The minimum Gasteiger partial charge on any atom is -0.465 e. The number of hydrogen-bond donors (Lipinski definition) is 0. The van der Waals surface area contributed by atoms with E-state index in [0.717, 1.165) is 11.5 Å². The summed E-state index contributed by atoms with van der Waals surface area (Å²) >= 11 is 0. The predicted octanol–water partition coefficient (Wildman–Crippen LogP) is 4.04. The predicted molar refractivity (Wildman–Crippen MR) is 77.2 cm³/mol. The third kappa shape index (κ3) is 2.68. The first-order valence-corrected chi connectivity index (χ1v) is 7.27. The van der Waals surface area contributed by atoms with Crippen molar-refractivity contribution in [1.82, 2.24) is 0 Å². The van der Waals surface area contributed by atoms with Crippen molar-refractivity contribution in [1.29, 1.82) is 0 Å². The van der Waals surface area contributed by atoms with Gasteiger partial charge in [0.2, 0.25) is 0 Å². The number of esters is 1. The number of carbonyl (C=O) groups excluding carboxylic acids is 1. The van der Waals surface area contributed by atoms with Crippen LogP contribution in [0.2, 0.25) is 0 Å². The van der Waals surface area contributed by atoms with E-state index in [0.29, 0.717) is 6.61 Å². The molecule has 104 valence electrons. The van der Waals surface area contributed by atoms with Gasteiger partial charge >= 0.3 is 5.97 Å². The Hall–Kier alpha value is -1.31. The van der Waals surface area contributed by atoms with E-state index in [1.54, 1.807) is 0 Å². The van der Waals surface area contributed by atoms with Gasteiger partial charge in [0.15, 0.2) is 0 Å². The first-order valence-electron chi connectivity index (χ1n) is 7.27. The lowest BCUT2D eigenvalue weighted by atomic mass is 9.73. The first-order chi connectivity index (χ1) is 9.00. The van der Waals surface area contributed by atoms with Gasteiger partial charge in [-0.05, 0) is 49.7 Å². The lowest BCUT2D eigenvalue weighted by Crippen LogP contribution is -2.39. The Balaban J connectivity index is 2.29. The molecule has 0 aromatic heterocycles. The Morgan fingerprint density at radius 2 is 1.89 bits per heavy atom. The maximum absolute atomic E-state index is 12.3. The Labute approximate surface area is 116 Å². The molecule has 1 aromatic rings. The van der Waals surface area contributed by atoms with Crippen molar-refractivity contribution in [2.45, 2.75) is 51.9 Å². The molecule has 1 fully saturated rings. The molecule has 0 aliphatic heterocycles. The second-order valence-corrected chi connectivity index (χ2v) is 5.97. The number of carbonyl (C=O) groups is 1. The van der Waals surface area contributed by atoms with Gasteiger partial charge in [-0.2, -0.15) is 0 Å². The quantitative estimate of drug-likeness (QED) is 0.747. The molecule has 0 heterocycles. The average molecular weight is 260 g/mol. The third-order valence-corrected chi connectivity index (χ3v) is 4.41. The third-order valence-electron chi connectivity index (χ3n) is 4.41. The largest absolute Gasteiger partial charge is 0.465 e.